The van der Waals surface area contributed by atoms with E-state index in [0.29, 0.717) is 5.54 Å². The molecule has 0 amide bonds. The van der Waals surface area contributed by atoms with Gasteiger partial charge in [0.05, 0.1) is 0 Å². The molecule has 0 saturated heterocycles. The Kier molecular flexibility index (Phi) is 2.79. The van der Waals surface area contributed by atoms with Crippen molar-refractivity contribution in [2.24, 2.45) is 0 Å². The van der Waals surface area contributed by atoms with Crippen molar-refractivity contribution in [3.63, 3.8) is 0 Å². The van der Waals surface area contributed by atoms with Crippen molar-refractivity contribution in [3.8, 4) is 0 Å². The quantitative estimate of drug-likeness (QED) is 0.752. The molecule has 0 spiro atoms. The van der Waals surface area contributed by atoms with E-state index in [2.05, 4.69) is 36.7 Å². The van der Waals surface area contributed by atoms with Crippen molar-refractivity contribution in [2.75, 3.05) is 0 Å². The largest absolute Gasteiger partial charge is 0.290 e. The summed E-state index contributed by atoms with van der Waals surface area (Å²) in [5.74, 6) is 0. The van der Waals surface area contributed by atoms with Crippen LogP contribution in [0.1, 0.15) is 44.7 Å². The molecule has 0 radical (unpaired) electrons. The molecule has 2 rings (SSSR count). The zero-order chi connectivity index (χ0) is 10.9. The molecule has 0 aromatic carbocycles. The minimum Gasteiger partial charge on any atom is -0.290 e. The van der Waals surface area contributed by atoms with Gasteiger partial charge in [0, 0.05) is 31.0 Å². The van der Waals surface area contributed by atoms with Crippen molar-refractivity contribution in [3.05, 3.63) is 29.6 Å². The van der Waals surface area contributed by atoms with E-state index in [1.54, 1.807) is 0 Å². The fourth-order valence-electron chi connectivity index (χ4n) is 2.42. The summed E-state index contributed by atoms with van der Waals surface area (Å²) in [6.07, 6.45) is 6.42. The standard InChI is InChI=1S/C13H20N2/c1-4-6-13(2,3)15-9-11-5-7-14-8-12(11)10-15/h5,7-8H,4,6,9-10H2,1-3H3. The average molecular weight is 204 g/mol. The number of nitrogens with zero attached hydrogens (tertiary/aromatic N) is 2. The molecule has 0 bridgehead atoms. The first-order valence-electron chi connectivity index (χ1n) is 5.80. The van der Waals surface area contributed by atoms with Crippen LogP contribution in [0.25, 0.3) is 0 Å². The van der Waals surface area contributed by atoms with Crippen LogP contribution >= 0.6 is 0 Å². The molecular formula is C13H20N2. The van der Waals surface area contributed by atoms with Gasteiger partial charge in [-0.15, -0.1) is 0 Å². The topological polar surface area (TPSA) is 16.1 Å². The van der Waals surface area contributed by atoms with Gasteiger partial charge >= 0.3 is 0 Å². The third kappa shape index (κ3) is 2.05. The Labute approximate surface area is 92.3 Å². The Bertz CT molecular complexity index is 319. The van der Waals surface area contributed by atoms with E-state index in [9.17, 15) is 0 Å². The van der Waals surface area contributed by atoms with Crippen LogP contribution in [0.2, 0.25) is 0 Å². The van der Waals surface area contributed by atoms with Crippen LogP contribution in [-0.2, 0) is 13.1 Å². The van der Waals surface area contributed by atoms with Gasteiger partial charge in [0.1, 0.15) is 0 Å². The molecular weight excluding hydrogens is 184 g/mol. The van der Waals surface area contributed by atoms with Gasteiger partial charge in [0.15, 0.2) is 0 Å². The van der Waals surface area contributed by atoms with E-state index >= 15 is 0 Å². The summed E-state index contributed by atoms with van der Waals surface area (Å²) in [5, 5.41) is 0. The molecule has 1 aromatic rings. The van der Waals surface area contributed by atoms with Gasteiger partial charge in [-0.2, -0.15) is 0 Å². The molecule has 1 aliphatic heterocycles. The highest BCUT2D eigenvalue weighted by Crippen LogP contribution is 2.30. The molecule has 0 aliphatic carbocycles. The van der Waals surface area contributed by atoms with Crippen LogP contribution < -0.4 is 0 Å². The summed E-state index contributed by atoms with van der Waals surface area (Å²) in [4.78, 5) is 6.75. The molecule has 82 valence electrons. The zero-order valence-electron chi connectivity index (χ0n) is 9.95. The van der Waals surface area contributed by atoms with Gasteiger partial charge in [-0.25, -0.2) is 0 Å². The first-order valence-corrected chi connectivity index (χ1v) is 5.80. The van der Waals surface area contributed by atoms with Crippen molar-refractivity contribution in [1.29, 1.82) is 0 Å². The fourth-order valence-corrected chi connectivity index (χ4v) is 2.42. The lowest BCUT2D eigenvalue weighted by Gasteiger charge is -2.35. The van der Waals surface area contributed by atoms with Crippen LogP contribution in [0.3, 0.4) is 0 Å². The van der Waals surface area contributed by atoms with E-state index in [-0.39, 0.29) is 0 Å². The predicted octanol–water partition coefficient (Wildman–Crippen LogP) is 2.98. The molecule has 2 nitrogen and oxygen atoms in total. The first-order chi connectivity index (χ1) is 7.13. The molecule has 0 atom stereocenters. The molecule has 2 heterocycles. The van der Waals surface area contributed by atoms with Crippen LogP contribution in [0, 0.1) is 0 Å². The fraction of sp³-hybridized carbons (Fsp3) is 0.615. The summed E-state index contributed by atoms with van der Waals surface area (Å²) < 4.78 is 0. The summed E-state index contributed by atoms with van der Waals surface area (Å²) in [6, 6.07) is 2.15. The number of fused-ring (bicyclic) bond motifs is 1. The Morgan fingerprint density at radius 1 is 1.33 bits per heavy atom. The van der Waals surface area contributed by atoms with Crippen LogP contribution in [-0.4, -0.2) is 15.4 Å². The van der Waals surface area contributed by atoms with E-state index in [1.807, 2.05) is 12.4 Å². The lowest BCUT2D eigenvalue weighted by atomic mass is 9.97. The Hall–Kier alpha value is -0.890. The smallest absolute Gasteiger partial charge is 0.0316 e. The second-order valence-electron chi connectivity index (χ2n) is 5.06. The molecule has 0 N–H and O–H groups in total. The maximum Gasteiger partial charge on any atom is 0.0316 e. The minimum absolute atomic E-state index is 0.313. The maximum atomic E-state index is 4.19. The van der Waals surface area contributed by atoms with E-state index in [4.69, 9.17) is 0 Å². The molecule has 15 heavy (non-hydrogen) atoms. The van der Waals surface area contributed by atoms with Gasteiger partial charge in [0.25, 0.3) is 0 Å². The Morgan fingerprint density at radius 3 is 2.73 bits per heavy atom. The summed E-state index contributed by atoms with van der Waals surface area (Å²) >= 11 is 0. The lowest BCUT2D eigenvalue weighted by Crippen LogP contribution is -2.39. The van der Waals surface area contributed by atoms with E-state index in [0.717, 1.165) is 13.1 Å². The number of hydrogen-bond acceptors (Lipinski definition) is 2. The molecule has 2 heteroatoms. The van der Waals surface area contributed by atoms with Crippen molar-refractivity contribution < 1.29 is 0 Å². The molecule has 1 aromatic heterocycles. The average Bonchev–Trinajstić information content (AvgIpc) is 2.61. The Morgan fingerprint density at radius 2 is 2.07 bits per heavy atom. The first kappa shape index (κ1) is 10.6. The van der Waals surface area contributed by atoms with Gasteiger partial charge in [-0.1, -0.05) is 13.3 Å². The highest BCUT2D eigenvalue weighted by Gasteiger charge is 2.30. The molecule has 0 unspecified atom stereocenters. The monoisotopic (exact) mass is 204 g/mol. The minimum atomic E-state index is 0.313. The summed E-state index contributed by atoms with van der Waals surface area (Å²) in [6.45, 7) is 9.10. The van der Waals surface area contributed by atoms with Gasteiger partial charge in [-0.3, -0.25) is 9.88 Å². The highest BCUT2D eigenvalue weighted by molar-refractivity contribution is 5.27. The van der Waals surface area contributed by atoms with Crippen LogP contribution in [0.4, 0.5) is 0 Å². The zero-order valence-corrected chi connectivity index (χ0v) is 9.95. The maximum absolute atomic E-state index is 4.19. The SMILES string of the molecule is CCCC(C)(C)N1Cc2ccncc2C1. The van der Waals surface area contributed by atoms with E-state index in [1.165, 1.54) is 24.0 Å². The Balaban J connectivity index is 2.13. The second kappa shape index (κ2) is 3.93. The van der Waals surface area contributed by atoms with Crippen LogP contribution in [0.15, 0.2) is 18.5 Å². The predicted molar refractivity (Wildman–Crippen MR) is 62.5 cm³/mol. The molecule has 0 saturated carbocycles. The highest BCUT2D eigenvalue weighted by atomic mass is 15.2. The van der Waals surface area contributed by atoms with Crippen molar-refractivity contribution >= 4 is 0 Å². The molecule has 0 fully saturated rings. The van der Waals surface area contributed by atoms with Gasteiger partial charge in [-0.05, 0) is 37.5 Å². The third-order valence-corrected chi connectivity index (χ3v) is 3.44. The molecule has 1 aliphatic rings. The number of aromatic nitrogens is 1. The number of hydrogen-bond donors (Lipinski definition) is 0. The second-order valence-corrected chi connectivity index (χ2v) is 5.06. The van der Waals surface area contributed by atoms with Gasteiger partial charge in [0.2, 0.25) is 0 Å². The van der Waals surface area contributed by atoms with Crippen LogP contribution in [0.5, 0.6) is 0 Å². The number of pyridine rings is 1. The number of rotatable bonds is 3. The van der Waals surface area contributed by atoms with E-state index < -0.39 is 0 Å². The summed E-state index contributed by atoms with van der Waals surface area (Å²) in [5.41, 5.74) is 3.17. The lowest BCUT2D eigenvalue weighted by molar-refractivity contribution is 0.108. The summed E-state index contributed by atoms with van der Waals surface area (Å²) in [7, 11) is 0. The normalized spacial score (nSPS) is 16.7. The third-order valence-electron chi connectivity index (χ3n) is 3.44. The van der Waals surface area contributed by atoms with Crippen molar-refractivity contribution in [2.45, 2.75) is 52.2 Å². The van der Waals surface area contributed by atoms with Gasteiger partial charge < -0.3 is 0 Å². The van der Waals surface area contributed by atoms with Crippen molar-refractivity contribution in [1.82, 2.24) is 9.88 Å².